The van der Waals surface area contributed by atoms with E-state index < -0.39 is 17.7 Å². The number of amides is 3. The second-order valence-corrected chi connectivity index (χ2v) is 13.2. The Kier molecular flexibility index (Phi) is 10.9. The maximum absolute atomic E-state index is 13.9. The number of ether oxygens (including phenoxy) is 1. The number of nitrogens with one attached hydrogen (secondary N) is 2. The van der Waals surface area contributed by atoms with Gasteiger partial charge in [-0.15, -0.1) is 0 Å². The van der Waals surface area contributed by atoms with Gasteiger partial charge < -0.3 is 20.3 Å². The Labute approximate surface area is 253 Å². The van der Waals surface area contributed by atoms with Crippen LogP contribution in [-0.2, 0) is 27.3 Å². The maximum Gasteiger partial charge on any atom is 0.407 e. The maximum atomic E-state index is 13.9. The number of halogens is 1. The predicted octanol–water partition coefficient (Wildman–Crippen LogP) is 4.76. The van der Waals surface area contributed by atoms with Crippen LogP contribution in [0, 0.1) is 11.3 Å². The number of carbonyl (C=O) groups excluding carboxylic acids is 3. The summed E-state index contributed by atoms with van der Waals surface area (Å²) in [6, 6.07) is 6.60. The number of carbonyl (C=O) groups is 3. The van der Waals surface area contributed by atoms with Crippen molar-refractivity contribution in [3.8, 4) is 0 Å². The van der Waals surface area contributed by atoms with E-state index in [0.29, 0.717) is 30.5 Å². The fourth-order valence-corrected chi connectivity index (χ4v) is 6.48. The third kappa shape index (κ3) is 9.18. The molecule has 2 aliphatic rings. The Balaban J connectivity index is 1.41. The molecule has 42 heavy (non-hydrogen) atoms. The molecule has 1 saturated carbocycles. The van der Waals surface area contributed by atoms with E-state index in [1.165, 1.54) is 32.1 Å². The molecule has 2 aromatic rings. The standard InChI is InChI=1S/C31H45ClN6O4/c1-30(2,3)42-29(41)34-16-13-27(39)36-26(19-23-9-11-25(32)12-10-23)28(40)37-17-14-31(15-18-37,20-38-22-33-21-35-38)24-7-5-4-6-8-24/h9-12,21-22,24,26H,4-8,13-20H2,1-3H3,(H,34,41)(H,36,39)/t26-/m1/s1. The lowest BCUT2D eigenvalue weighted by molar-refractivity contribution is -0.139. The van der Waals surface area contributed by atoms with Crippen molar-refractivity contribution in [1.82, 2.24) is 30.3 Å². The highest BCUT2D eigenvalue weighted by Gasteiger charge is 2.43. The van der Waals surface area contributed by atoms with Crippen LogP contribution in [0.25, 0.3) is 0 Å². The third-order valence-corrected chi connectivity index (χ3v) is 8.74. The lowest BCUT2D eigenvalue weighted by Gasteiger charge is -2.48. The number of nitrogens with zero attached hydrogens (tertiary/aromatic N) is 4. The Morgan fingerprint density at radius 3 is 2.40 bits per heavy atom. The average molecular weight is 601 g/mol. The zero-order valence-electron chi connectivity index (χ0n) is 25.1. The minimum Gasteiger partial charge on any atom is -0.444 e. The fraction of sp³-hybridized carbons (Fsp3) is 0.645. The summed E-state index contributed by atoms with van der Waals surface area (Å²) in [5.74, 6) is 0.212. The highest BCUT2D eigenvalue weighted by molar-refractivity contribution is 6.30. The summed E-state index contributed by atoms with van der Waals surface area (Å²) >= 11 is 6.08. The molecule has 4 rings (SSSR count). The summed E-state index contributed by atoms with van der Waals surface area (Å²) in [7, 11) is 0. The molecule has 1 aliphatic carbocycles. The molecular weight excluding hydrogens is 556 g/mol. The van der Waals surface area contributed by atoms with Gasteiger partial charge in [-0.3, -0.25) is 14.3 Å². The molecule has 2 heterocycles. The summed E-state index contributed by atoms with van der Waals surface area (Å²) in [5, 5.41) is 10.6. The Morgan fingerprint density at radius 1 is 1.10 bits per heavy atom. The number of hydrogen-bond acceptors (Lipinski definition) is 6. The van der Waals surface area contributed by atoms with Crippen LogP contribution in [0.3, 0.4) is 0 Å². The zero-order valence-corrected chi connectivity index (χ0v) is 25.9. The smallest absolute Gasteiger partial charge is 0.407 e. The molecule has 0 unspecified atom stereocenters. The number of hydrogen-bond donors (Lipinski definition) is 2. The molecule has 2 fully saturated rings. The van der Waals surface area contributed by atoms with E-state index in [4.69, 9.17) is 16.3 Å². The first-order valence-corrected chi connectivity index (χ1v) is 15.5. The van der Waals surface area contributed by atoms with Crippen LogP contribution in [0.2, 0.25) is 5.02 Å². The van der Waals surface area contributed by atoms with Crippen molar-refractivity contribution in [1.29, 1.82) is 0 Å². The van der Waals surface area contributed by atoms with Crippen LogP contribution in [0.4, 0.5) is 4.79 Å². The highest BCUT2D eigenvalue weighted by atomic mass is 35.5. The van der Waals surface area contributed by atoms with Crippen LogP contribution < -0.4 is 10.6 Å². The summed E-state index contributed by atoms with van der Waals surface area (Å²) in [6.45, 7) is 7.53. The van der Waals surface area contributed by atoms with Gasteiger partial charge in [0.05, 0.1) is 0 Å². The van der Waals surface area contributed by atoms with E-state index in [2.05, 4.69) is 20.7 Å². The molecule has 230 valence electrons. The zero-order chi connectivity index (χ0) is 30.2. The molecule has 10 nitrogen and oxygen atoms in total. The van der Waals surface area contributed by atoms with E-state index in [0.717, 1.165) is 24.9 Å². The number of aromatic nitrogens is 3. The predicted molar refractivity (Wildman–Crippen MR) is 161 cm³/mol. The molecule has 0 bridgehead atoms. The second-order valence-electron chi connectivity index (χ2n) is 12.7. The number of piperidine rings is 1. The van der Waals surface area contributed by atoms with Gasteiger partial charge in [0.1, 0.15) is 24.3 Å². The molecule has 3 amide bonds. The summed E-state index contributed by atoms with van der Waals surface area (Å²) in [5.41, 5.74) is 0.359. The first-order chi connectivity index (χ1) is 20.0. The van der Waals surface area contributed by atoms with E-state index in [1.807, 2.05) is 21.7 Å². The number of benzene rings is 1. The fourth-order valence-electron chi connectivity index (χ4n) is 6.36. The van der Waals surface area contributed by atoms with Crippen molar-refractivity contribution in [2.45, 2.75) is 96.7 Å². The van der Waals surface area contributed by atoms with Gasteiger partial charge in [0.15, 0.2) is 0 Å². The van der Waals surface area contributed by atoms with Crippen molar-refractivity contribution in [2.75, 3.05) is 19.6 Å². The Hall–Kier alpha value is -3.14. The molecule has 11 heteroatoms. The molecule has 1 atom stereocenters. The van der Waals surface area contributed by atoms with Crippen molar-refractivity contribution in [2.24, 2.45) is 11.3 Å². The lowest BCUT2D eigenvalue weighted by atomic mass is 9.63. The van der Waals surface area contributed by atoms with Crippen molar-refractivity contribution in [3.63, 3.8) is 0 Å². The molecule has 1 aliphatic heterocycles. The summed E-state index contributed by atoms with van der Waals surface area (Å²) < 4.78 is 7.18. The van der Waals surface area contributed by atoms with Crippen LogP contribution in [-0.4, -0.2) is 68.8 Å². The molecule has 2 N–H and O–H groups in total. The highest BCUT2D eigenvalue weighted by Crippen LogP contribution is 2.47. The van der Waals surface area contributed by atoms with E-state index in [1.54, 1.807) is 45.6 Å². The largest absolute Gasteiger partial charge is 0.444 e. The second kappa shape index (κ2) is 14.4. The molecule has 1 aromatic carbocycles. The van der Waals surface area contributed by atoms with Gasteiger partial charge in [-0.1, -0.05) is 43.0 Å². The summed E-state index contributed by atoms with van der Waals surface area (Å²) in [4.78, 5) is 44.9. The number of alkyl carbamates (subject to hydrolysis) is 1. The van der Waals surface area contributed by atoms with Crippen LogP contribution in [0.15, 0.2) is 36.9 Å². The van der Waals surface area contributed by atoms with Crippen LogP contribution in [0.5, 0.6) is 0 Å². The Bertz CT molecular complexity index is 1170. The summed E-state index contributed by atoms with van der Waals surface area (Å²) in [6.07, 6.45) is 11.2. The molecule has 1 saturated heterocycles. The van der Waals surface area contributed by atoms with Gasteiger partial charge in [-0.05, 0) is 75.5 Å². The topological polar surface area (TPSA) is 118 Å². The molecule has 1 aromatic heterocycles. The Morgan fingerprint density at radius 2 is 1.79 bits per heavy atom. The van der Waals surface area contributed by atoms with E-state index in [-0.39, 0.29) is 30.2 Å². The average Bonchev–Trinajstić information content (AvgIpc) is 3.46. The van der Waals surface area contributed by atoms with E-state index in [9.17, 15) is 14.4 Å². The van der Waals surface area contributed by atoms with Gasteiger partial charge in [0.2, 0.25) is 11.8 Å². The number of rotatable bonds is 10. The minimum atomic E-state index is -0.724. The monoisotopic (exact) mass is 600 g/mol. The van der Waals surface area contributed by atoms with Crippen LogP contribution in [0.1, 0.15) is 77.7 Å². The van der Waals surface area contributed by atoms with Crippen molar-refractivity contribution in [3.05, 3.63) is 47.5 Å². The number of likely N-dealkylation sites (tertiary alicyclic amines) is 1. The van der Waals surface area contributed by atoms with Gasteiger partial charge in [0, 0.05) is 44.0 Å². The normalized spacial score (nSPS) is 18.2. The third-order valence-electron chi connectivity index (χ3n) is 8.49. The van der Waals surface area contributed by atoms with Crippen LogP contribution >= 0.6 is 11.6 Å². The van der Waals surface area contributed by atoms with Gasteiger partial charge in [0.25, 0.3) is 0 Å². The molecular formula is C31H45ClN6O4. The van der Waals surface area contributed by atoms with Gasteiger partial charge in [-0.2, -0.15) is 5.10 Å². The minimum absolute atomic E-state index is 0.0341. The van der Waals surface area contributed by atoms with Crippen molar-refractivity contribution >= 4 is 29.5 Å². The van der Waals surface area contributed by atoms with E-state index >= 15 is 0 Å². The first kappa shape index (κ1) is 31.8. The van der Waals surface area contributed by atoms with Gasteiger partial charge in [-0.25, -0.2) is 9.78 Å². The lowest BCUT2D eigenvalue weighted by Crippen LogP contribution is -2.54. The quantitative estimate of drug-likeness (QED) is 0.406. The molecule has 0 spiro atoms. The van der Waals surface area contributed by atoms with Gasteiger partial charge >= 0.3 is 6.09 Å². The first-order valence-electron chi connectivity index (χ1n) is 15.1. The van der Waals surface area contributed by atoms with Crippen molar-refractivity contribution < 1.29 is 19.1 Å². The SMILES string of the molecule is CC(C)(C)OC(=O)NCCC(=O)N[C@H](Cc1ccc(Cl)cc1)C(=O)N1CCC(Cn2cncn2)(C2CCCCC2)CC1. The molecule has 0 radical (unpaired) electrons.